The standard InChI is InChI=1S/C14H16ClN3/c1-2-8-16-14(12-7-9-17-18-10-12)11-3-5-13(15)6-4-11/h3-7,9-10,14,16H,2,8H2,1H3. The molecule has 0 fully saturated rings. The minimum Gasteiger partial charge on any atom is -0.306 e. The van der Waals surface area contributed by atoms with Crippen LogP contribution in [0.4, 0.5) is 0 Å². The summed E-state index contributed by atoms with van der Waals surface area (Å²) in [5.41, 5.74) is 2.29. The average Bonchev–Trinajstić information content (AvgIpc) is 2.42. The Morgan fingerprint density at radius 3 is 2.50 bits per heavy atom. The van der Waals surface area contributed by atoms with Gasteiger partial charge in [0.25, 0.3) is 0 Å². The van der Waals surface area contributed by atoms with Crippen molar-refractivity contribution in [3.63, 3.8) is 0 Å². The molecular weight excluding hydrogens is 246 g/mol. The lowest BCUT2D eigenvalue weighted by Crippen LogP contribution is -2.23. The summed E-state index contributed by atoms with van der Waals surface area (Å²) in [4.78, 5) is 0. The number of halogens is 1. The molecule has 0 saturated carbocycles. The van der Waals surface area contributed by atoms with Gasteiger partial charge in [0.1, 0.15) is 0 Å². The summed E-state index contributed by atoms with van der Waals surface area (Å²) >= 11 is 5.92. The highest BCUT2D eigenvalue weighted by atomic mass is 35.5. The van der Waals surface area contributed by atoms with E-state index in [1.165, 1.54) is 5.56 Å². The molecule has 1 unspecified atom stereocenters. The van der Waals surface area contributed by atoms with Crippen LogP contribution in [0, 0.1) is 0 Å². The SMILES string of the molecule is CCCNC(c1ccc(Cl)cc1)c1ccnnc1. The monoisotopic (exact) mass is 261 g/mol. The summed E-state index contributed by atoms with van der Waals surface area (Å²) in [5, 5.41) is 12.0. The van der Waals surface area contributed by atoms with Crippen molar-refractivity contribution in [1.29, 1.82) is 0 Å². The van der Waals surface area contributed by atoms with E-state index in [1.54, 1.807) is 12.4 Å². The third-order valence-corrected chi connectivity index (χ3v) is 2.99. The van der Waals surface area contributed by atoms with Crippen LogP contribution in [0.2, 0.25) is 5.02 Å². The Hall–Kier alpha value is -1.45. The number of nitrogens with one attached hydrogen (secondary N) is 1. The molecule has 0 amide bonds. The number of hydrogen-bond acceptors (Lipinski definition) is 3. The summed E-state index contributed by atoms with van der Waals surface area (Å²) in [6, 6.07) is 10.0. The largest absolute Gasteiger partial charge is 0.306 e. The summed E-state index contributed by atoms with van der Waals surface area (Å²) in [6.45, 7) is 3.10. The molecule has 1 aromatic carbocycles. The van der Waals surface area contributed by atoms with Gasteiger partial charge < -0.3 is 5.32 Å². The molecule has 18 heavy (non-hydrogen) atoms. The van der Waals surface area contributed by atoms with Gasteiger partial charge in [-0.2, -0.15) is 10.2 Å². The minimum absolute atomic E-state index is 0.137. The van der Waals surface area contributed by atoms with Crippen molar-refractivity contribution in [3.05, 3.63) is 58.9 Å². The molecule has 1 heterocycles. The molecule has 1 N–H and O–H groups in total. The van der Waals surface area contributed by atoms with Crippen LogP contribution in [-0.2, 0) is 0 Å². The van der Waals surface area contributed by atoms with E-state index in [9.17, 15) is 0 Å². The molecule has 2 aromatic rings. The fourth-order valence-corrected chi connectivity index (χ4v) is 1.97. The zero-order chi connectivity index (χ0) is 12.8. The highest BCUT2D eigenvalue weighted by molar-refractivity contribution is 6.30. The highest BCUT2D eigenvalue weighted by Gasteiger charge is 2.13. The first-order valence-corrected chi connectivity index (χ1v) is 6.44. The second-order valence-electron chi connectivity index (χ2n) is 4.11. The molecule has 0 spiro atoms. The Balaban J connectivity index is 2.27. The molecule has 1 atom stereocenters. The molecule has 2 rings (SSSR count). The van der Waals surface area contributed by atoms with Crippen molar-refractivity contribution in [2.45, 2.75) is 19.4 Å². The Labute approximate surface area is 112 Å². The van der Waals surface area contributed by atoms with Crippen molar-refractivity contribution in [2.24, 2.45) is 0 Å². The maximum Gasteiger partial charge on any atom is 0.0593 e. The molecule has 0 aliphatic rings. The van der Waals surface area contributed by atoms with Crippen molar-refractivity contribution in [1.82, 2.24) is 15.5 Å². The topological polar surface area (TPSA) is 37.8 Å². The Morgan fingerprint density at radius 1 is 1.11 bits per heavy atom. The summed E-state index contributed by atoms with van der Waals surface area (Å²) in [5.74, 6) is 0. The zero-order valence-corrected chi connectivity index (χ0v) is 11.1. The van der Waals surface area contributed by atoms with Gasteiger partial charge in [-0.3, -0.25) is 0 Å². The first-order chi connectivity index (χ1) is 8.81. The highest BCUT2D eigenvalue weighted by Crippen LogP contribution is 2.22. The lowest BCUT2D eigenvalue weighted by molar-refractivity contribution is 0.595. The second kappa shape index (κ2) is 6.47. The summed E-state index contributed by atoms with van der Waals surface area (Å²) < 4.78 is 0. The fourth-order valence-electron chi connectivity index (χ4n) is 1.84. The van der Waals surface area contributed by atoms with Crippen LogP contribution in [0.3, 0.4) is 0 Å². The van der Waals surface area contributed by atoms with E-state index >= 15 is 0 Å². The molecule has 4 heteroatoms. The predicted octanol–water partition coefficient (Wildman–Crippen LogP) is 3.22. The van der Waals surface area contributed by atoms with Crippen molar-refractivity contribution >= 4 is 11.6 Å². The lowest BCUT2D eigenvalue weighted by atomic mass is 10.0. The minimum atomic E-state index is 0.137. The van der Waals surface area contributed by atoms with Crippen LogP contribution in [-0.4, -0.2) is 16.7 Å². The average molecular weight is 262 g/mol. The van der Waals surface area contributed by atoms with E-state index in [4.69, 9.17) is 11.6 Å². The summed E-state index contributed by atoms with van der Waals surface area (Å²) in [6.07, 6.45) is 4.59. The van der Waals surface area contributed by atoms with Crippen LogP contribution in [0.5, 0.6) is 0 Å². The van der Waals surface area contributed by atoms with Crippen LogP contribution >= 0.6 is 11.6 Å². The zero-order valence-electron chi connectivity index (χ0n) is 10.3. The smallest absolute Gasteiger partial charge is 0.0593 e. The second-order valence-corrected chi connectivity index (χ2v) is 4.55. The van der Waals surface area contributed by atoms with E-state index in [0.717, 1.165) is 23.6 Å². The van der Waals surface area contributed by atoms with Gasteiger partial charge in [0.2, 0.25) is 0 Å². The predicted molar refractivity (Wildman–Crippen MR) is 73.6 cm³/mol. The third kappa shape index (κ3) is 3.28. The van der Waals surface area contributed by atoms with Gasteiger partial charge in [0, 0.05) is 11.2 Å². The lowest BCUT2D eigenvalue weighted by Gasteiger charge is -2.19. The van der Waals surface area contributed by atoms with Crippen molar-refractivity contribution < 1.29 is 0 Å². The maximum absolute atomic E-state index is 5.92. The Bertz CT molecular complexity index is 470. The molecule has 0 radical (unpaired) electrons. The van der Waals surface area contributed by atoms with Gasteiger partial charge in [-0.25, -0.2) is 0 Å². The van der Waals surface area contributed by atoms with Gasteiger partial charge in [0.15, 0.2) is 0 Å². The molecule has 1 aromatic heterocycles. The van der Waals surface area contributed by atoms with E-state index < -0.39 is 0 Å². The van der Waals surface area contributed by atoms with Crippen LogP contribution in [0.1, 0.15) is 30.5 Å². The fraction of sp³-hybridized carbons (Fsp3) is 0.286. The van der Waals surface area contributed by atoms with Crippen molar-refractivity contribution in [3.8, 4) is 0 Å². The van der Waals surface area contributed by atoms with Gasteiger partial charge in [-0.05, 0) is 42.3 Å². The first-order valence-electron chi connectivity index (χ1n) is 6.06. The molecular formula is C14H16ClN3. The summed E-state index contributed by atoms with van der Waals surface area (Å²) in [7, 11) is 0. The molecule has 3 nitrogen and oxygen atoms in total. The number of aromatic nitrogens is 2. The normalized spacial score (nSPS) is 12.3. The Morgan fingerprint density at radius 2 is 1.89 bits per heavy atom. The Kier molecular flexibility index (Phi) is 4.67. The quantitative estimate of drug-likeness (QED) is 0.898. The van der Waals surface area contributed by atoms with Gasteiger partial charge in [0.05, 0.1) is 12.2 Å². The van der Waals surface area contributed by atoms with E-state index in [2.05, 4.69) is 22.4 Å². The van der Waals surface area contributed by atoms with Gasteiger partial charge in [-0.1, -0.05) is 30.7 Å². The number of nitrogens with zero attached hydrogens (tertiary/aromatic N) is 2. The maximum atomic E-state index is 5.92. The van der Waals surface area contributed by atoms with Gasteiger partial charge in [-0.15, -0.1) is 0 Å². The number of rotatable bonds is 5. The van der Waals surface area contributed by atoms with Gasteiger partial charge >= 0.3 is 0 Å². The molecule has 0 bridgehead atoms. The number of hydrogen-bond donors (Lipinski definition) is 1. The van der Waals surface area contributed by atoms with E-state index in [1.807, 2.05) is 30.3 Å². The molecule has 0 aliphatic heterocycles. The van der Waals surface area contributed by atoms with E-state index in [-0.39, 0.29) is 6.04 Å². The van der Waals surface area contributed by atoms with Crippen LogP contribution in [0.25, 0.3) is 0 Å². The molecule has 0 saturated heterocycles. The number of benzene rings is 1. The molecule has 0 aliphatic carbocycles. The first kappa shape index (κ1) is 13.0. The van der Waals surface area contributed by atoms with Crippen LogP contribution < -0.4 is 5.32 Å². The third-order valence-electron chi connectivity index (χ3n) is 2.74. The molecule has 94 valence electrons. The van der Waals surface area contributed by atoms with Crippen LogP contribution in [0.15, 0.2) is 42.7 Å². The van der Waals surface area contributed by atoms with E-state index in [0.29, 0.717) is 0 Å². The van der Waals surface area contributed by atoms with Crippen molar-refractivity contribution in [2.75, 3.05) is 6.54 Å².